The van der Waals surface area contributed by atoms with E-state index in [0.717, 1.165) is 11.8 Å². The van der Waals surface area contributed by atoms with E-state index in [1.54, 1.807) is 10.4 Å². The van der Waals surface area contributed by atoms with E-state index in [2.05, 4.69) is 16.8 Å². The van der Waals surface area contributed by atoms with Crippen LogP contribution in [0.3, 0.4) is 0 Å². The van der Waals surface area contributed by atoms with E-state index in [1.807, 2.05) is 11.3 Å². The summed E-state index contributed by atoms with van der Waals surface area (Å²) in [5.41, 5.74) is 2.08. The first-order chi connectivity index (χ1) is 7.41. The average Bonchev–Trinajstić information content (AvgIpc) is 3.13. The standard InChI is InChI=1S/C13H17NS/c1-2-10(1)13(11-3-4-11)12-9(5-7-14-13)6-8-15-12/h6,8,10-11,14H,1-5,7H2. The Morgan fingerprint density at radius 2 is 1.93 bits per heavy atom. The third-order valence-electron chi connectivity index (χ3n) is 4.38. The Morgan fingerprint density at radius 1 is 1.20 bits per heavy atom. The van der Waals surface area contributed by atoms with Crippen LogP contribution in [0.5, 0.6) is 0 Å². The van der Waals surface area contributed by atoms with Crippen molar-refractivity contribution >= 4 is 11.3 Å². The maximum absolute atomic E-state index is 3.91. The van der Waals surface area contributed by atoms with E-state index in [9.17, 15) is 0 Å². The molecule has 1 N–H and O–H groups in total. The van der Waals surface area contributed by atoms with Crippen LogP contribution in [0, 0.1) is 11.8 Å². The molecule has 0 saturated heterocycles. The second-order valence-corrected chi connectivity index (χ2v) is 6.29. The van der Waals surface area contributed by atoms with Gasteiger partial charge in [0.2, 0.25) is 0 Å². The summed E-state index contributed by atoms with van der Waals surface area (Å²) in [6, 6.07) is 2.36. The number of hydrogen-bond acceptors (Lipinski definition) is 2. The van der Waals surface area contributed by atoms with Gasteiger partial charge in [-0.25, -0.2) is 0 Å². The van der Waals surface area contributed by atoms with E-state index < -0.39 is 0 Å². The van der Waals surface area contributed by atoms with Crippen LogP contribution in [-0.2, 0) is 12.0 Å². The third kappa shape index (κ3) is 1.12. The molecule has 0 atom stereocenters. The monoisotopic (exact) mass is 219 g/mol. The predicted molar refractivity (Wildman–Crippen MR) is 63.2 cm³/mol. The summed E-state index contributed by atoms with van der Waals surface area (Å²) in [5.74, 6) is 1.92. The van der Waals surface area contributed by atoms with Crippen molar-refractivity contribution in [3.8, 4) is 0 Å². The van der Waals surface area contributed by atoms with Crippen LogP contribution in [0.1, 0.15) is 36.1 Å². The van der Waals surface area contributed by atoms with Gasteiger partial charge in [0, 0.05) is 11.4 Å². The zero-order valence-electron chi connectivity index (χ0n) is 8.96. The molecule has 2 saturated carbocycles. The number of nitrogens with one attached hydrogen (secondary N) is 1. The maximum atomic E-state index is 3.91. The smallest absolute Gasteiger partial charge is 0.0588 e. The molecule has 0 aromatic carbocycles. The first-order valence-electron chi connectivity index (χ1n) is 6.23. The quantitative estimate of drug-likeness (QED) is 0.806. The molecule has 1 aromatic heterocycles. The number of fused-ring (bicyclic) bond motifs is 1. The molecule has 2 fully saturated rings. The summed E-state index contributed by atoms with van der Waals surface area (Å²) in [6.07, 6.45) is 7.09. The Kier molecular flexibility index (Phi) is 1.67. The fraction of sp³-hybridized carbons (Fsp3) is 0.692. The van der Waals surface area contributed by atoms with E-state index in [1.165, 1.54) is 38.6 Å². The fourth-order valence-electron chi connectivity index (χ4n) is 3.45. The first kappa shape index (κ1) is 8.77. The topological polar surface area (TPSA) is 12.0 Å². The molecule has 0 unspecified atom stereocenters. The van der Waals surface area contributed by atoms with Gasteiger partial charge in [0.05, 0.1) is 5.54 Å². The third-order valence-corrected chi connectivity index (χ3v) is 5.48. The van der Waals surface area contributed by atoms with Crippen LogP contribution in [0.15, 0.2) is 11.4 Å². The van der Waals surface area contributed by atoms with Crippen LogP contribution >= 0.6 is 11.3 Å². The average molecular weight is 219 g/mol. The van der Waals surface area contributed by atoms with Crippen molar-refractivity contribution in [3.05, 3.63) is 21.9 Å². The summed E-state index contributed by atoms with van der Waals surface area (Å²) in [6.45, 7) is 1.21. The van der Waals surface area contributed by atoms with Gasteiger partial charge in [-0.1, -0.05) is 0 Å². The summed E-state index contributed by atoms with van der Waals surface area (Å²) in [7, 11) is 0. The predicted octanol–water partition coefficient (Wildman–Crippen LogP) is 2.91. The van der Waals surface area contributed by atoms with Crippen LogP contribution in [0.4, 0.5) is 0 Å². The number of hydrogen-bond donors (Lipinski definition) is 1. The lowest BCUT2D eigenvalue weighted by Gasteiger charge is -2.39. The van der Waals surface area contributed by atoms with Gasteiger partial charge in [0.1, 0.15) is 0 Å². The molecule has 0 bridgehead atoms. The Balaban J connectivity index is 1.86. The van der Waals surface area contributed by atoms with Gasteiger partial charge in [0.15, 0.2) is 0 Å². The zero-order chi connectivity index (χ0) is 9.88. The van der Waals surface area contributed by atoms with Gasteiger partial charge < -0.3 is 5.32 Å². The lowest BCUT2D eigenvalue weighted by molar-refractivity contribution is 0.238. The van der Waals surface area contributed by atoms with E-state index >= 15 is 0 Å². The lowest BCUT2D eigenvalue weighted by Crippen LogP contribution is -2.50. The fourth-order valence-corrected chi connectivity index (χ4v) is 4.74. The van der Waals surface area contributed by atoms with Crippen molar-refractivity contribution in [1.82, 2.24) is 5.32 Å². The molecule has 0 amide bonds. The first-order valence-corrected chi connectivity index (χ1v) is 7.11. The van der Waals surface area contributed by atoms with Gasteiger partial charge in [-0.05, 0) is 60.9 Å². The number of thiophene rings is 1. The van der Waals surface area contributed by atoms with Crippen LogP contribution in [0.2, 0.25) is 0 Å². The van der Waals surface area contributed by atoms with Gasteiger partial charge in [0.25, 0.3) is 0 Å². The Labute approximate surface area is 94.9 Å². The molecule has 4 rings (SSSR count). The summed E-state index contributed by atoms with van der Waals surface area (Å²) >= 11 is 2.01. The van der Waals surface area contributed by atoms with Crippen molar-refractivity contribution in [3.63, 3.8) is 0 Å². The Bertz CT molecular complexity index is 375. The maximum Gasteiger partial charge on any atom is 0.0588 e. The SMILES string of the molecule is c1cc2c(s1)C(C1CC1)(C1CC1)NCC2. The van der Waals surface area contributed by atoms with Crippen molar-refractivity contribution in [2.24, 2.45) is 11.8 Å². The second kappa shape index (κ2) is 2.86. The van der Waals surface area contributed by atoms with Gasteiger partial charge in [-0.2, -0.15) is 0 Å². The van der Waals surface area contributed by atoms with Crippen LogP contribution < -0.4 is 5.32 Å². The second-order valence-electron chi connectivity index (χ2n) is 5.37. The van der Waals surface area contributed by atoms with Crippen molar-refractivity contribution in [2.45, 2.75) is 37.6 Å². The Hall–Kier alpha value is -0.340. The van der Waals surface area contributed by atoms with Gasteiger partial charge >= 0.3 is 0 Å². The van der Waals surface area contributed by atoms with Gasteiger partial charge in [-0.15, -0.1) is 11.3 Å². The van der Waals surface area contributed by atoms with Crippen molar-refractivity contribution in [1.29, 1.82) is 0 Å². The minimum atomic E-state index is 0.432. The molecular weight excluding hydrogens is 202 g/mol. The summed E-state index contributed by atoms with van der Waals surface area (Å²) in [4.78, 5) is 1.71. The van der Waals surface area contributed by atoms with E-state index in [4.69, 9.17) is 0 Å². The number of rotatable bonds is 2. The molecule has 3 aliphatic rings. The summed E-state index contributed by atoms with van der Waals surface area (Å²) in [5, 5.41) is 6.21. The highest BCUT2D eigenvalue weighted by molar-refractivity contribution is 7.10. The van der Waals surface area contributed by atoms with E-state index in [0.29, 0.717) is 5.54 Å². The normalized spacial score (nSPS) is 28.8. The molecule has 1 nitrogen and oxygen atoms in total. The van der Waals surface area contributed by atoms with Gasteiger partial charge in [-0.3, -0.25) is 0 Å². The largest absolute Gasteiger partial charge is 0.306 e. The molecule has 2 aliphatic carbocycles. The molecular formula is C13H17NS. The molecule has 1 aliphatic heterocycles. The Morgan fingerprint density at radius 3 is 2.60 bits per heavy atom. The molecule has 80 valence electrons. The van der Waals surface area contributed by atoms with Crippen molar-refractivity contribution in [2.75, 3.05) is 6.54 Å². The highest BCUT2D eigenvalue weighted by Gasteiger charge is 2.57. The zero-order valence-corrected chi connectivity index (χ0v) is 9.78. The highest BCUT2D eigenvalue weighted by Crippen LogP contribution is 2.59. The molecule has 2 heterocycles. The molecule has 1 aromatic rings. The molecule has 2 heteroatoms. The van der Waals surface area contributed by atoms with E-state index in [-0.39, 0.29) is 0 Å². The molecule has 0 radical (unpaired) electrons. The summed E-state index contributed by atoms with van der Waals surface area (Å²) < 4.78 is 0. The minimum absolute atomic E-state index is 0.432. The van der Waals surface area contributed by atoms with Crippen LogP contribution in [0.25, 0.3) is 0 Å². The van der Waals surface area contributed by atoms with Crippen LogP contribution in [-0.4, -0.2) is 6.54 Å². The highest BCUT2D eigenvalue weighted by atomic mass is 32.1. The molecule has 0 spiro atoms. The van der Waals surface area contributed by atoms with Crippen molar-refractivity contribution < 1.29 is 0 Å². The molecule has 15 heavy (non-hydrogen) atoms. The minimum Gasteiger partial charge on any atom is -0.306 e. The lowest BCUT2D eigenvalue weighted by atomic mass is 9.81.